The average Bonchev–Trinajstić information content (AvgIpc) is 2.12. The third kappa shape index (κ3) is 3.43. The molecule has 96 valence electrons. The maximum atomic E-state index is 12.5. The minimum atomic E-state index is -5.20. The Kier molecular flexibility index (Phi) is 3.44. The predicted molar refractivity (Wildman–Crippen MR) is 44.7 cm³/mol. The number of hydrogen-bond acceptors (Lipinski definition) is 2. The summed E-state index contributed by atoms with van der Waals surface area (Å²) in [5.41, 5.74) is -1.60. The van der Waals surface area contributed by atoms with Crippen molar-refractivity contribution < 1.29 is 35.8 Å². The quantitative estimate of drug-likeness (QED) is 0.756. The molecule has 0 saturated heterocycles. The van der Waals surface area contributed by atoms with Crippen LogP contribution in [-0.4, -0.2) is 13.5 Å². The zero-order chi connectivity index (χ0) is 13.3. The fraction of sp³-hybridized carbons (Fsp3) is 0.333. The van der Waals surface area contributed by atoms with E-state index in [4.69, 9.17) is 0 Å². The van der Waals surface area contributed by atoms with Crippen molar-refractivity contribution in [2.24, 2.45) is 0 Å². The molecular weight excluding hydrogens is 254 g/mol. The molecule has 1 aromatic carbocycles. The van der Waals surface area contributed by atoms with Gasteiger partial charge in [-0.05, 0) is 12.1 Å². The molecule has 17 heavy (non-hydrogen) atoms. The van der Waals surface area contributed by atoms with Gasteiger partial charge in [-0.15, -0.1) is 13.2 Å². The van der Waals surface area contributed by atoms with Crippen LogP contribution in [0.1, 0.15) is 5.56 Å². The number of benzene rings is 1. The first kappa shape index (κ1) is 13.5. The van der Waals surface area contributed by atoms with Crippen LogP contribution in [0.4, 0.5) is 26.3 Å². The minimum Gasteiger partial charge on any atom is -0.496 e. The lowest BCUT2D eigenvalue weighted by molar-refractivity contribution is -0.276. The van der Waals surface area contributed by atoms with Crippen LogP contribution in [0.25, 0.3) is 0 Å². The van der Waals surface area contributed by atoms with E-state index in [2.05, 4.69) is 9.47 Å². The second-order valence-electron chi connectivity index (χ2n) is 2.88. The zero-order valence-electron chi connectivity index (χ0n) is 8.32. The van der Waals surface area contributed by atoms with Crippen molar-refractivity contribution in [3.63, 3.8) is 0 Å². The lowest BCUT2D eigenvalue weighted by Gasteiger charge is -2.17. The van der Waals surface area contributed by atoms with E-state index < -0.39 is 29.6 Å². The Balaban J connectivity index is 3.30. The molecule has 0 aliphatic heterocycles. The normalized spacial score (nSPS) is 12.4. The Morgan fingerprint density at radius 2 is 1.47 bits per heavy atom. The third-order valence-electron chi connectivity index (χ3n) is 1.72. The van der Waals surface area contributed by atoms with Crippen LogP contribution in [0.2, 0.25) is 0 Å². The van der Waals surface area contributed by atoms with Crippen LogP contribution in [-0.2, 0) is 6.18 Å². The van der Waals surface area contributed by atoms with E-state index in [0.717, 1.165) is 19.2 Å². The number of rotatable bonds is 2. The summed E-state index contributed by atoms with van der Waals surface area (Å²) in [6, 6.07) is 2.43. The molecule has 0 saturated carbocycles. The maximum absolute atomic E-state index is 12.5. The number of hydrogen-bond donors (Lipinski definition) is 0. The Morgan fingerprint density at radius 1 is 0.941 bits per heavy atom. The number of alkyl halides is 6. The number of ether oxygens (including phenoxy) is 2. The summed E-state index contributed by atoms with van der Waals surface area (Å²) in [6.45, 7) is 0. The van der Waals surface area contributed by atoms with Crippen molar-refractivity contribution in [1.82, 2.24) is 0 Å². The highest BCUT2D eigenvalue weighted by Gasteiger charge is 2.41. The Morgan fingerprint density at radius 3 is 1.88 bits per heavy atom. The summed E-state index contributed by atoms with van der Waals surface area (Å²) in [5.74, 6) is -2.08. The summed E-state index contributed by atoms with van der Waals surface area (Å²) < 4.78 is 81.0. The van der Waals surface area contributed by atoms with Crippen molar-refractivity contribution in [2.75, 3.05) is 7.11 Å². The van der Waals surface area contributed by atoms with E-state index in [0.29, 0.717) is 6.07 Å². The summed E-state index contributed by atoms with van der Waals surface area (Å²) in [4.78, 5) is 0. The van der Waals surface area contributed by atoms with Crippen LogP contribution in [0.5, 0.6) is 11.5 Å². The smallest absolute Gasteiger partial charge is 0.496 e. The van der Waals surface area contributed by atoms with E-state index >= 15 is 0 Å². The Bertz CT molecular complexity index is 395. The van der Waals surface area contributed by atoms with Gasteiger partial charge >= 0.3 is 12.5 Å². The van der Waals surface area contributed by atoms with Gasteiger partial charge < -0.3 is 9.47 Å². The van der Waals surface area contributed by atoms with Crippen molar-refractivity contribution in [1.29, 1.82) is 0 Å². The van der Waals surface area contributed by atoms with Gasteiger partial charge in [0.15, 0.2) is 0 Å². The fourth-order valence-corrected chi connectivity index (χ4v) is 1.17. The molecule has 1 aromatic rings. The molecule has 0 radical (unpaired) electrons. The van der Waals surface area contributed by atoms with Crippen LogP contribution in [0.3, 0.4) is 0 Å². The molecule has 1 rings (SSSR count). The van der Waals surface area contributed by atoms with Crippen molar-refractivity contribution in [3.8, 4) is 11.5 Å². The fourth-order valence-electron chi connectivity index (χ4n) is 1.17. The lowest BCUT2D eigenvalue weighted by atomic mass is 10.1. The summed E-state index contributed by atoms with van der Waals surface area (Å²) >= 11 is 0. The SMILES string of the molecule is COc1cccc(OC(F)(F)F)c1C(F)(F)F. The Hall–Kier alpha value is -1.60. The van der Waals surface area contributed by atoms with Gasteiger partial charge in [0.1, 0.15) is 17.1 Å². The monoisotopic (exact) mass is 260 g/mol. The highest BCUT2D eigenvalue weighted by Crippen LogP contribution is 2.43. The van der Waals surface area contributed by atoms with Gasteiger partial charge in [0.25, 0.3) is 0 Å². The van der Waals surface area contributed by atoms with Crippen LogP contribution < -0.4 is 9.47 Å². The second-order valence-corrected chi connectivity index (χ2v) is 2.88. The lowest BCUT2D eigenvalue weighted by Crippen LogP contribution is -2.20. The van der Waals surface area contributed by atoms with Gasteiger partial charge in [-0.1, -0.05) is 6.07 Å². The molecule has 8 heteroatoms. The molecule has 0 fully saturated rings. The van der Waals surface area contributed by atoms with Gasteiger partial charge in [-0.2, -0.15) is 13.2 Å². The van der Waals surface area contributed by atoms with E-state index in [-0.39, 0.29) is 0 Å². The summed E-state index contributed by atoms with van der Waals surface area (Å²) in [5, 5.41) is 0. The first-order chi connectivity index (χ1) is 7.65. The largest absolute Gasteiger partial charge is 0.573 e. The average molecular weight is 260 g/mol. The topological polar surface area (TPSA) is 18.5 Å². The number of halogens is 6. The van der Waals surface area contributed by atoms with Crippen molar-refractivity contribution in [2.45, 2.75) is 12.5 Å². The van der Waals surface area contributed by atoms with E-state index in [9.17, 15) is 26.3 Å². The third-order valence-corrected chi connectivity index (χ3v) is 1.72. The molecular formula is C9H6F6O2. The molecule has 0 spiro atoms. The van der Waals surface area contributed by atoms with Gasteiger partial charge in [0.2, 0.25) is 0 Å². The molecule has 0 bridgehead atoms. The molecule has 0 aliphatic carbocycles. The van der Waals surface area contributed by atoms with Crippen LogP contribution >= 0.6 is 0 Å². The number of methoxy groups -OCH3 is 1. The van der Waals surface area contributed by atoms with Crippen molar-refractivity contribution in [3.05, 3.63) is 23.8 Å². The van der Waals surface area contributed by atoms with E-state index in [1.165, 1.54) is 0 Å². The highest BCUT2D eigenvalue weighted by molar-refractivity contribution is 5.46. The Labute approximate surface area is 91.7 Å². The molecule has 0 heterocycles. The molecule has 0 unspecified atom stereocenters. The second kappa shape index (κ2) is 4.34. The van der Waals surface area contributed by atoms with Gasteiger partial charge in [0.05, 0.1) is 7.11 Å². The molecule has 0 N–H and O–H groups in total. The maximum Gasteiger partial charge on any atom is 0.573 e. The van der Waals surface area contributed by atoms with E-state index in [1.807, 2.05) is 0 Å². The summed E-state index contributed by atoms with van der Waals surface area (Å²) in [7, 11) is 0.919. The molecule has 0 aromatic heterocycles. The van der Waals surface area contributed by atoms with Gasteiger partial charge in [0, 0.05) is 0 Å². The predicted octanol–water partition coefficient (Wildman–Crippen LogP) is 3.61. The molecule has 2 nitrogen and oxygen atoms in total. The zero-order valence-corrected chi connectivity index (χ0v) is 8.32. The molecule has 0 aliphatic rings. The van der Waals surface area contributed by atoms with E-state index in [1.54, 1.807) is 0 Å². The standard InChI is InChI=1S/C9H6F6O2/c1-16-5-3-2-4-6(17-9(13,14)15)7(5)8(10,11)12/h2-4H,1H3. The molecule has 0 atom stereocenters. The highest BCUT2D eigenvalue weighted by atomic mass is 19.4. The molecule has 0 amide bonds. The van der Waals surface area contributed by atoms with Gasteiger partial charge in [-0.25, -0.2) is 0 Å². The summed E-state index contributed by atoms with van der Waals surface area (Å²) in [6.07, 6.45) is -10.2. The van der Waals surface area contributed by atoms with Crippen LogP contribution in [0.15, 0.2) is 18.2 Å². The first-order valence-electron chi connectivity index (χ1n) is 4.15. The van der Waals surface area contributed by atoms with Crippen molar-refractivity contribution >= 4 is 0 Å². The van der Waals surface area contributed by atoms with Gasteiger partial charge in [-0.3, -0.25) is 0 Å². The van der Waals surface area contributed by atoms with Crippen LogP contribution in [0, 0.1) is 0 Å². The first-order valence-corrected chi connectivity index (χ1v) is 4.15. The minimum absolute atomic E-state index is 0.568.